The van der Waals surface area contributed by atoms with E-state index in [0.717, 1.165) is 12.5 Å². The van der Waals surface area contributed by atoms with Crippen LogP contribution >= 0.6 is 0 Å². The molecule has 1 fully saturated rings. The highest BCUT2D eigenvalue weighted by Gasteiger charge is 2.32. The highest BCUT2D eigenvalue weighted by molar-refractivity contribution is 5.33. The van der Waals surface area contributed by atoms with Gasteiger partial charge in [-0.05, 0) is 32.6 Å². The van der Waals surface area contributed by atoms with Crippen LogP contribution < -0.4 is 5.32 Å². The summed E-state index contributed by atoms with van der Waals surface area (Å²) in [6.45, 7) is 2.18. The fraction of sp³-hybridized carbons (Fsp3) is 0.727. The van der Waals surface area contributed by atoms with Crippen LogP contribution in [0.15, 0.2) is 0 Å². The lowest BCUT2D eigenvalue weighted by Gasteiger charge is -2.13. The molecule has 76 valence electrons. The van der Waals surface area contributed by atoms with Crippen molar-refractivity contribution in [3.63, 3.8) is 0 Å². The van der Waals surface area contributed by atoms with Gasteiger partial charge in [-0.3, -0.25) is 4.68 Å². The van der Waals surface area contributed by atoms with Crippen LogP contribution in [0.4, 0.5) is 0 Å². The Morgan fingerprint density at radius 1 is 1.36 bits per heavy atom. The van der Waals surface area contributed by atoms with E-state index in [9.17, 15) is 0 Å². The molecule has 1 aromatic heterocycles. The highest BCUT2D eigenvalue weighted by atomic mass is 15.3. The molecule has 0 spiro atoms. The van der Waals surface area contributed by atoms with Crippen molar-refractivity contribution in [3.8, 4) is 0 Å². The zero-order valence-electron chi connectivity index (χ0n) is 8.88. The molecule has 3 rings (SSSR count). The van der Waals surface area contributed by atoms with Crippen molar-refractivity contribution in [1.82, 2.24) is 15.1 Å². The summed E-state index contributed by atoms with van der Waals surface area (Å²) in [6.07, 6.45) is 5.13. The zero-order valence-corrected chi connectivity index (χ0v) is 8.88. The van der Waals surface area contributed by atoms with Crippen LogP contribution in [0.2, 0.25) is 0 Å². The molecule has 1 saturated carbocycles. The van der Waals surface area contributed by atoms with Crippen LogP contribution in [0.25, 0.3) is 0 Å². The van der Waals surface area contributed by atoms with Crippen LogP contribution in [-0.4, -0.2) is 15.8 Å². The van der Waals surface area contributed by atoms with E-state index in [1.807, 2.05) is 11.7 Å². The molecule has 1 heterocycles. The van der Waals surface area contributed by atoms with Crippen molar-refractivity contribution in [2.24, 2.45) is 7.05 Å². The minimum Gasteiger partial charge on any atom is -0.307 e. The summed E-state index contributed by atoms with van der Waals surface area (Å²) in [5.41, 5.74) is 4.15. The Morgan fingerprint density at radius 3 is 2.86 bits per heavy atom. The summed E-state index contributed by atoms with van der Waals surface area (Å²) in [7, 11) is 2.04. The third kappa shape index (κ3) is 1.19. The van der Waals surface area contributed by atoms with Crippen molar-refractivity contribution >= 4 is 0 Å². The van der Waals surface area contributed by atoms with E-state index in [1.165, 1.54) is 36.2 Å². The third-order valence-electron chi connectivity index (χ3n) is 3.49. The van der Waals surface area contributed by atoms with E-state index in [4.69, 9.17) is 0 Å². The zero-order chi connectivity index (χ0) is 9.71. The van der Waals surface area contributed by atoms with Crippen LogP contribution in [0.3, 0.4) is 0 Å². The molecule has 0 aliphatic heterocycles. The molecule has 0 radical (unpaired) electrons. The second kappa shape index (κ2) is 2.83. The fourth-order valence-electron chi connectivity index (χ4n) is 2.46. The Balaban J connectivity index is 1.90. The topological polar surface area (TPSA) is 29.9 Å². The number of aryl methyl sites for hydroxylation is 2. The number of hydrogen-bond donors (Lipinski definition) is 1. The Morgan fingerprint density at radius 2 is 2.14 bits per heavy atom. The molecule has 1 atom stereocenters. The van der Waals surface area contributed by atoms with Crippen LogP contribution in [0.1, 0.15) is 42.3 Å². The van der Waals surface area contributed by atoms with Gasteiger partial charge in [-0.15, -0.1) is 0 Å². The molecule has 1 unspecified atom stereocenters. The molecular formula is C11H17N3. The predicted molar refractivity (Wildman–Crippen MR) is 55.2 cm³/mol. The van der Waals surface area contributed by atoms with Gasteiger partial charge in [-0.25, -0.2) is 0 Å². The van der Waals surface area contributed by atoms with Crippen molar-refractivity contribution in [2.45, 2.75) is 44.7 Å². The standard InChI is InChI=1S/C11H17N3/c1-7-11-9(12-8-3-4-8)5-6-10(11)13-14(7)2/h8-9,12H,3-6H2,1-2H3. The maximum Gasteiger partial charge on any atom is 0.0675 e. The number of hydrogen-bond acceptors (Lipinski definition) is 2. The van der Waals surface area contributed by atoms with Gasteiger partial charge in [0, 0.05) is 30.4 Å². The first-order valence-corrected chi connectivity index (χ1v) is 5.54. The molecule has 2 aliphatic rings. The molecule has 2 aliphatic carbocycles. The Labute approximate surface area is 84.5 Å². The Hall–Kier alpha value is -0.830. The third-order valence-corrected chi connectivity index (χ3v) is 3.49. The predicted octanol–water partition coefficient (Wildman–Crippen LogP) is 1.47. The Kier molecular flexibility index (Phi) is 1.71. The van der Waals surface area contributed by atoms with Gasteiger partial charge < -0.3 is 5.32 Å². The minimum absolute atomic E-state index is 0.589. The highest BCUT2D eigenvalue weighted by Crippen LogP contribution is 2.35. The van der Waals surface area contributed by atoms with Crippen LogP contribution in [-0.2, 0) is 13.5 Å². The molecular weight excluding hydrogens is 174 g/mol. The lowest BCUT2D eigenvalue weighted by molar-refractivity contribution is 0.518. The summed E-state index contributed by atoms with van der Waals surface area (Å²) >= 11 is 0. The first-order chi connectivity index (χ1) is 6.75. The lowest BCUT2D eigenvalue weighted by Crippen LogP contribution is -2.21. The second-order valence-electron chi connectivity index (χ2n) is 4.60. The van der Waals surface area contributed by atoms with Gasteiger partial charge in [0.2, 0.25) is 0 Å². The molecule has 0 bridgehead atoms. The normalized spacial score (nSPS) is 25.4. The molecule has 0 aromatic carbocycles. The number of aromatic nitrogens is 2. The second-order valence-corrected chi connectivity index (χ2v) is 4.60. The first-order valence-electron chi connectivity index (χ1n) is 5.54. The van der Waals surface area contributed by atoms with Crippen molar-refractivity contribution in [2.75, 3.05) is 0 Å². The number of nitrogens with one attached hydrogen (secondary N) is 1. The molecule has 14 heavy (non-hydrogen) atoms. The van der Waals surface area contributed by atoms with Gasteiger partial charge in [0.1, 0.15) is 0 Å². The van der Waals surface area contributed by atoms with Gasteiger partial charge in [-0.1, -0.05) is 0 Å². The number of fused-ring (bicyclic) bond motifs is 1. The van der Waals surface area contributed by atoms with E-state index >= 15 is 0 Å². The molecule has 1 aromatic rings. The molecule has 3 nitrogen and oxygen atoms in total. The summed E-state index contributed by atoms with van der Waals surface area (Å²) in [5, 5.41) is 8.26. The lowest BCUT2D eigenvalue weighted by atomic mass is 10.1. The summed E-state index contributed by atoms with van der Waals surface area (Å²) in [4.78, 5) is 0. The largest absolute Gasteiger partial charge is 0.307 e. The van der Waals surface area contributed by atoms with Gasteiger partial charge in [0.05, 0.1) is 5.69 Å². The average Bonchev–Trinajstić information content (AvgIpc) is 2.81. The maximum atomic E-state index is 4.55. The quantitative estimate of drug-likeness (QED) is 0.767. The molecule has 3 heteroatoms. The van der Waals surface area contributed by atoms with E-state index in [2.05, 4.69) is 17.3 Å². The SMILES string of the molecule is Cc1c2c(nn1C)CCC2NC1CC1. The summed E-state index contributed by atoms with van der Waals surface area (Å²) < 4.78 is 2.02. The van der Waals surface area contributed by atoms with Gasteiger partial charge >= 0.3 is 0 Å². The summed E-state index contributed by atoms with van der Waals surface area (Å²) in [6, 6.07) is 1.39. The average molecular weight is 191 g/mol. The monoisotopic (exact) mass is 191 g/mol. The minimum atomic E-state index is 0.589. The van der Waals surface area contributed by atoms with Gasteiger partial charge in [-0.2, -0.15) is 5.10 Å². The smallest absolute Gasteiger partial charge is 0.0675 e. The van der Waals surface area contributed by atoms with E-state index < -0.39 is 0 Å². The van der Waals surface area contributed by atoms with Crippen molar-refractivity contribution in [3.05, 3.63) is 17.0 Å². The maximum absolute atomic E-state index is 4.55. The van der Waals surface area contributed by atoms with Crippen LogP contribution in [0, 0.1) is 6.92 Å². The number of nitrogens with zero attached hydrogens (tertiary/aromatic N) is 2. The van der Waals surface area contributed by atoms with E-state index in [0.29, 0.717) is 6.04 Å². The van der Waals surface area contributed by atoms with Gasteiger partial charge in [0.25, 0.3) is 0 Å². The molecule has 0 amide bonds. The fourth-order valence-corrected chi connectivity index (χ4v) is 2.46. The van der Waals surface area contributed by atoms with Crippen molar-refractivity contribution in [1.29, 1.82) is 0 Å². The van der Waals surface area contributed by atoms with E-state index in [1.54, 1.807) is 0 Å². The Bertz CT molecular complexity index is 363. The first kappa shape index (κ1) is 8.48. The molecule has 0 saturated heterocycles. The van der Waals surface area contributed by atoms with Crippen LogP contribution in [0.5, 0.6) is 0 Å². The van der Waals surface area contributed by atoms with Crippen molar-refractivity contribution < 1.29 is 0 Å². The molecule has 1 N–H and O–H groups in total. The van der Waals surface area contributed by atoms with E-state index in [-0.39, 0.29) is 0 Å². The van der Waals surface area contributed by atoms with Gasteiger partial charge in [0.15, 0.2) is 0 Å². The summed E-state index contributed by atoms with van der Waals surface area (Å²) in [5.74, 6) is 0. The number of rotatable bonds is 2.